The molecule has 0 aliphatic carbocycles. The summed E-state index contributed by atoms with van der Waals surface area (Å²) in [6.45, 7) is 7.61. The van der Waals surface area contributed by atoms with Crippen LogP contribution in [0.3, 0.4) is 0 Å². The van der Waals surface area contributed by atoms with Gasteiger partial charge >= 0.3 is 0 Å². The van der Waals surface area contributed by atoms with Gasteiger partial charge in [0.25, 0.3) is 0 Å². The van der Waals surface area contributed by atoms with E-state index < -0.39 is 0 Å². The van der Waals surface area contributed by atoms with Gasteiger partial charge < -0.3 is 15.2 Å². The molecule has 0 radical (unpaired) electrons. The molecule has 0 amide bonds. The van der Waals surface area contributed by atoms with Crippen molar-refractivity contribution in [2.24, 2.45) is 5.92 Å². The summed E-state index contributed by atoms with van der Waals surface area (Å²) in [6.07, 6.45) is 0. The quantitative estimate of drug-likeness (QED) is 0.801. The van der Waals surface area contributed by atoms with Crippen molar-refractivity contribution in [2.75, 3.05) is 19.8 Å². The lowest BCUT2D eigenvalue weighted by Crippen LogP contribution is -2.26. The minimum atomic E-state index is 0.138. The van der Waals surface area contributed by atoms with Crippen LogP contribution >= 0.6 is 11.6 Å². The number of nitrogens with one attached hydrogen (secondary N) is 1. The normalized spacial score (nSPS) is 14.3. The Hall–Kier alpha value is -0.770. The number of aliphatic hydroxyl groups is 1. The predicted molar refractivity (Wildman–Crippen MR) is 75.3 cm³/mol. The third-order valence-electron chi connectivity index (χ3n) is 2.82. The van der Waals surface area contributed by atoms with Crippen molar-refractivity contribution in [3.8, 4) is 5.75 Å². The highest BCUT2D eigenvalue weighted by Gasteiger charge is 2.13. The van der Waals surface area contributed by atoms with E-state index in [2.05, 4.69) is 12.2 Å². The summed E-state index contributed by atoms with van der Waals surface area (Å²) in [7, 11) is 0. The van der Waals surface area contributed by atoms with E-state index in [0.29, 0.717) is 11.6 Å². The van der Waals surface area contributed by atoms with Crippen LogP contribution in [0.25, 0.3) is 0 Å². The molecule has 1 rings (SSSR count). The molecule has 4 heteroatoms. The van der Waals surface area contributed by atoms with E-state index in [1.165, 1.54) is 0 Å². The van der Waals surface area contributed by atoms with E-state index in [0.717, 1.165) is 17.9 Å². The molecule has 0 heterocycles. The van der Waals surface area contributed by atoms with E-state index in [1.54, 1.807) is 0 Å². The molecule has 1 aromatic carbocycles. The monoisotopic (exact) mass is 271 g/mol. The maximum Gasteiger partial charge on any atom is 0.124 e. The Bertz CT molecular complexity index is 371. The van der Waals surface area contributed by atoms with Gasteiger partial charge in [-0.25, -0.2) is 0 Å². The fraction of sp³-hybridized carbons (Fsp3) is 0.571. The van der Waals surface area contributed by atoms with Crippen molar-refractivity contribution in [1.82, 2.24) is 5.32 Å². The Kier molecular flexibility index (Phi) is 6.47. The number of hydrogen-bond acceptors (Lipinski definition) is 3. The second-order valence-corrected chi connectivity index (χ2v) is 4.97. The fourth-order valence-electron chi connectivity index (χ4n) is 1.70. The van der Waals surface area contributed by atoms with E-state index in [4.69, 9.17) is 21.4 Å². The molecule has 0 bridgehead atoms. The lowest BCUT2D eigenvalue weighted by atomic mass is 10.1. The van der Waals surface area contributed by atoms with Crippen LogP contribution in [0.15, 0.2) is 18.2 Å². The Balaban J connectivity index is 2.76. The maximum atomic E-state index is 9.02. The summed E-state index contributed by atoms with van der Waals surface area (Å²) >= 11 is 6.03. The molecule has 18 heavy (non-hydrogen) atoms. The Morgan fingerprint density at radius 1 is 1.39 bits per heavy atom. The van der Waals surface area contributed by atoms with E-state index >= 15 is 0 Å². The smallest absolute Gasteiger partial charge is 0.124 e. The topological polar surface area (TPSA) is 41.5 Å². The van der Waals surface area contributed by atoms with Crippen LogP contribution < -0.4 is 10.1 Å². The molecule has 2 atom stereocenters. The Morgan fingerprint density at radius 3 is 2.72 bits per heavy atom. The summed E-state index contributed by atoms with van der Waals surface area (Å²) < 4.78 is 5.60. The predicted octanol–water partition coefficient (Wildman–Crippen LogP) is 3.02. The highest BCUT2D eigenvalue weighted by Crippen LogP contribution is 2.28. The zero-order valence-electron chi connectivity index (χ0n) is 11.2. The number of halogens is 1. The first-order chi connectivity index (χ1) is 8.58. The Morgan fingerprint density at radius 2 is 2.11 bits per heavy atom. The molecule has 2 unspecified atom stereocenters. The van der Waals surface area contributed by atoms with Crippen LogP contribution in [0.1, 0.15) is 32.4 Å². The lowest BCUT2D eigenvalue weighted by molar-refractivity contribution is 0.230. The summed E-state index contributed by atoms with van der Waals surface area (Å²) in [6, 6.07) is 5.79. The summed E-state index contributed by atoms with van der Waals surface area (Å²) in [5.74, 6) is 1.10. The summed E-state index contributed by atoms with van der Waals surface area (Å²) in [5, 5.41) is 13.1. The number of ether oxygens (including phenoxy) is 1. The van der Waals surface area contributed by atoms with Crippen molar-refractivity contribution in [1.29, 1.82) is 0 Å². The van der Waals surface area contributed by atoms with Crippen molar-refractivity contribution in [2.45, 2.75) is 26.8 Å². The van der Waals surface area contributed by atoms with Gasteiger partial charge in [0.2, 0.25) is 0 Å². The van der Waals surface area contributed by atoms with Gasteiger partial charge in [-0.2, -0.15) is 0 Å². The van der Waals surface area contributed by atoms with Crippen molar-refractivity contribution >= 4 is 11.6 Å². The molecule has 0 saturated carbocycles. The second kappa shape index (κ2) is 7.62. The van der Waals surface area contributed by atoms with Gasteiger partial charge in [0.05, 0.1) is 6.61 Å². The standard InChI is InChI=1S/C14H22ClNO2/c1-4-18-14-6-5-12(15)7-13(14)11(3)16-8-10(2)9-17/h5-7,10-11,16-17H,4,8-9H2,1-3H3. The first-order valence-electron chi connectivity index (χ1n) is 6.35. The molecule has 3 nitrogen and oxygen atoms in total. The van der Waals surface area contributed by atoms with Crippen LogP contribution in [0.4, 0.5) is 0 Å². The molecule has 0 aliphatic rings. The van der Waals surface area contributed by atoms with Crippen LogP contribution in [0, 0.1) is 5.92 Å². The van der Waals surface area contributed by atoms with Crippen molar-refractivity contribution in [3.63, 3.8) is 0 Å². The minimum Gasteiger partial charge on any atom is -0.494 e. The minimum absolute atomic E-state index is 0.138. The number of benzene rings is 1. The van der Waals surface area contributed by atoms with Gasteiger partial charge in [-0.15, -0.1) is 0 Å². The summed E-state index contributed by atoms with van der Waals surface area (Å²) in [5.41, 5.74) is 1.05. The van der Waals surface area contributed by atoms with E-state index in [-0.39, 0.29) is 18.6 Å². The van der Waals surface area contributed by atoms with Gasteiger partial charge in [0, 0.05) is 29.8 Å². The highest BCUT2D eigenvalue weighted by molar-refractivity contribution is 6.30. The maximum absolute atomic E-state index is 9.02. The zero-order chi connectivity index (χ0) is 13.5. The molecular formula is C14H22ClNO2. The SMILES string of the molecule is CCOc1ccc(Cl)cc1C(C)NCC(C)CO. The lowest BCUT2D eigenvalue weighted by Gasteiger charge is -2.20. The van der Waals surface area contributed by atoms with Crippen LogP contribution in [0.5, 0.6) is 5.75 Å². The van der Waals surface area contributed by atoms with Crippen LogP contribution in [0.2, 0.25) is 5.02 Å². The van der Waals surface area contributed by atoms with Crippen molar-refractivity contribution < 1.29 is 9.84 Å². The van der Waals surface area contributed by atoms with Gasteiger partial charge in [-0.3, -0.25) is 0 Å². The van der Waals surface area contributed by atoms with Gasteiger partial charge in [0.15, 0.2) is 0 Å². The molecule has 0 spiro atoms. The van der Waals surface area contributed by atoms with Gasteiger partial charge in [-0.05, 0) is 38.0 Å². The molecule has 102 valence electrons. The number of aliphatic hydroxyl groups excluding tert-OH is 1. The van der Waals surface area contributed by atoms with E-state index in [1.807, 2.05) is 32.0 Å². The van der Waals surface area contributed by atoms with Crippen molar-refractivity contribution in [3.05, 3.63) is 28.8 Å². The highest BCUT2D eigenvalue weighted by atomic mass is 35.5. The fourth-order valence-corrected chi connectivity index (χ4v) is 1.88. The Labute approximate surface area is 114 Å². The average Bonchev–Trinajstić information content (AvgIpc) is 2.37. The molecule has 0 saturated heterocycles. The summed E-state index contributed by atoms with van der Waals surface area (Å²) in [4.78, 5) is 0. The molecule has 1 aromatic rings. The van der Waals surface area contributed by atoms with Gasteiger partial charge in [0.1, 0.15) is 5.75 Å². The molecule has 2 N–H and O–H groups in total. The third kappa shape index (κ3) is 4.48. The first-order valence-corrected chi connectivity index (χ1v) is 6.72. The largest absolute Gasteiger partial charge is 0.494 e. The molecule has 0 fully saturated rings. The van der Waals surface area contributed by atoms with Gasteiger partial charge in [-0.1, -0.05) is 18.5 Å². The number of hydrogen-bond donors (Lipinski definition) is 2. The third-order valence-corrected chi connectivity index (χ3v) is 3.06. The zero-order valence-corrected chi connectivity index (χ0v) is 12.0. The molecule has 0 aromatic heterocycles. The first kappa shape index (κ1) is 15.3. The van der Waals surface area contributed by atoms with Crippen LogP contribution in [-0.2, 0) is 0 Å². The molecular weight excluding hydrogens is 250 g/mol. The number of rotatable bonds is 7. The average molecular weight is 272 g/mol. The van der Waals surface area contributed by atoms with E-state index in [9.17, 15) is 0 Å². The molecule has 0 aliphatic heterocycles. The van der Waals surface area contributed by atoms with Crippen LogP contribution in [-0.4, -0.2) is 24.9 Å². The second-order valence-electron chi connectivity index (χ2n) is 4.53.